The lowest BCUT2D eigenvalue weighted by molar-refractivity contribution is -0.137. The lowest BCUT2D eigenvalue weighted by Gasteiger charge is -2.17. The number of nitrogens with one attached hydrogen (secondary N) is 3. The van der Waals surface area contributed by atoms with Gasteiger partial charge in [0.05, 0.1) is 23.5 Å². The molecule has 32 heavy (non-hydrogen) atoms. The minimum Gasteiger partial charge on any atom is -0.491 e. The maximum atomic E-state index is 13.7. The fourth-order valence-electron chi connectivity index (χ4n) is 3.21. The number of hydrogen-bond donors (Lipinski definition) is 3. The number of fused-ring (bicyclic) bond motifs is 1. The van der Waals surface area contributed by atoms with Crippen LogP contribution in [0.2, 0.25) is 0 Å². The van der Waals surface area contributed by atoms with Crippen LogP contribution >= 0.6 is 15.9 Å². The minimum atomic E-state index is -4.81. The largest absolute Gasteiger partial charge is 0.491 e. The number of ether oxygens (including phenoxy) is 1. The quantitative estimate of drug-likeness (QED) is 0.445. The third-order valence-electron chi connectivity index (χ3n) is 4.68. The summed E-state index contributed by atoms with van der Waals surface area (Å²) in [4.78, 5) is 20.2. The zero-order valence-corrected chi connectivity index (χ0v) is 17.8. The predicted octanol–water partition coefficient (Wildman–Crippen LogP) is 5.04. The van der Waals surface area contributed by atoms with E-state index in [1.165, 1.54) is 24.3 Å². The maximum Gasteiger partial charge on any atom is 0.421 e. The van der Waals surface area contributed by atoms with Crippen LogP contribution in [0.1, 0.15) is 25.6 Å². The predicted molar refractivity (Wildman–Crippen MR) is 117 cm³/mol. The van der Waals surface area contributed by atoms with Crippen molar-refractivity contribution >= 4 is 45.0 Å². The number of amides is 1. The van der Waals surface area contributed by atoms with Gasteiger partial charge in [-0.2, -0.15) is 18.2 Å². The van der Waals surface area contributed by atoms with Crippen LogP contribution in [0.5, 0.6) is 5.75 Å². The molecule has 1 aliphatic rings. The van der Waals surface area contributed by atoms with Crippen molar-refractivity contribution in [1.29, 1.82) is 0 Å². The third-order valence-corrected chi connectivity index (χ3v) is 5.42. The number of alkyl halides is 3. The molecule has 0 saturated carbocycles. The zero-order chi connectivity index (χ0) is 25.4. The van der Waals surface area contributed by atoms with Crippen molar-refractivity contribution in [2.24, 2.45) is 0 Å². The van der Waals surface area contributed by atoms with E-state index < -0.39 is 30.4 Å². The van der Waals surface area contributed by atoms with Gasteiger partial charge in [0.2, 0.25) is 5.95 Å². The van der Waals surface area contributed by atoms with Crippen LogP contribution in [-0.2, 0) is 12.6 Å². The van der Waals surface area contributed by atoms with E-state index in [2.05, 4.69) is 36.5 Å². The van der Waals surface area contributed by atoms with Gasteiger partial charge in [-0.25, -0.2) is 4.98 Å². The van der Waals surface area contributed by atoms with Crippen molar-refractivity contribution < 1.29 is 26.8 Å². The molecule has 0 aliphatic carbocycles. The normalized spacial score (nSPS) is 14.4. The first kappa shape index (κ1) is 18.3. The molecule has 0 saturated heterocycles. The van der Waals surface area contributed by atoms with Gasteiger partial charge in [-0.3, -0.25) is 4.79 Å². The van der Waals surface area contributed by atoms with Gasteiger partial charge in [-0.05, 0) is 24.3 Å². The van der Waals surface area contributed by atoms with Crippen LogP contribution < -0.4 is 20.7 Å². The second-order valence-corrected chi connectivity index (χ2v) is 7.56. The summed E-state index contributed by atoms with van der Waals surface area (Å²) in [6.45, 7) is -2.32. The molecule has 11 heteroatoms. The molecule has 1 amide bonds. The summed E-state index contributed by atoms with van der Waals surface area (Å²) in [5.41, 5.74) is -0.0362. The Morgan fingerprint density at radius 1 is 1.19 bits per heavy atom. The number of benzene rings is 2. The molecular weight excluding hydrogens is 491 g/mol. The van der Waals surface area contributed by atoms with Gasteiger partial charge in [-0.1, -0.05) is 28.1 Å². The van der Waals surface area contributed by atoms with E-state index in [1.807, 2.05) is 5.32 Å². The highest BCUT2D eigenvalue weighted by atomic mass is 79.9. The summed E-state index contributed by atoms with van der Waals surface area (Å²) < 4.78 is 69.2. The fraction of sp³-hybridized carbons (Fsp3) is 0.190. The van der Waals surface area contributed by atoms with Crippen molar-refractivity contribution in [3.63, 3.8) is 0 Å². The Morgan fingerprint density at radius 2 is 2.00 bits per heavy atom. The third kappa shape index (κ3) is 4.33. The Bertz CT molecular complexity index is 1290. The SMILES string of the molecule is [2H]C([2H])([2H])NC(=O)c1ccccc1Nc1nc(Nc2ccc(Br)c3c2OCC3)ncc1C(F)(F)F. The van der Waals surface area contributed by atoms with E-state index in [4.69, 9.17) is 8.85 Å². The van der Waals surface area contributed by atoms with Crippen LogP contribution in [0.4, 0.5) is 36.3 Å². The topological polar surface area (TPSA) is 88.2 Å². The number of hydrogen-bond acceptors (Lipinski definition) is 6. The molecule has 3 N–H and O–H groups in total. The molecule has 0 fully saturated rings. The van der Waals surface area contributed by atoms with Crippen LogP contribution in [0.3, 0.4) is 0 Å². The fourth-order valence-corrected chi connectivity index (χ4v) is 3.72. The monoisotopic (exact) mass is 510 g/mol. The number of aromatic nitrogens is 2. The summed E-state index contributed by atoms with van der Waals surface area (Å²) in [5.74, 6) is -1.22. The van der Waals surface area contributed by atoms with Gasteiger partial charge >= 0.3 is 6.18 Å². The summed E-state index contributed by atoms with van der Waals surface area (Å²) >= 11 is 3.44. The molecule has 2 heterocycles. The Morgan fingerprint density at radius 3 is 2.78 bits per heavy atom. The Kier molecular flexibility index (Phi) is 4.94. The number of para-hydroxylation sites is 1. The molecule has 1 aliphatic heterocycles. The first-order chi connectivity index (χ1) is 16.4. The summed E-state index contributed by atoms with van der Waals surface area (Å²) in [7, 11) is 0. The van der Waals surface area contributed by atoms with Gasteiger partial charge in [-0.15, -0.1) is 0 Å². The number of carbonyl (C=O) groups is 1. The number of halogens is 4. The molecule has 0 unspecified atom stereocenters. The van der Waals surface area contributed by atoms with E-state index >= 15 is 0 Å². The average Bonchev–Trinajstić information content (AvgIpc) is 3.25. The zero-order valence-electron chi connectivity index (χ0n) is 19.2. The standard InChI is InChI=1S/C21H17BrF3N5O2/c1-26-19(31)12-4-2-3-5-15(12)28-18-13(21(23,24)25)10-27-20(30-18)29-16-7-6-14(22)11-8-9-32-17(11)16/h2-7,10H,8-9H2,1H3,(H,26,31)(H2,27,28,29,30)/i1D3. The van der Waals surface area contributed by atoms with Gasteiger partial charge < -0.3 is 20.7 Å². The van der Waals surface area contributed by atoms with E-state index in [0.29, 0.717) is 30.7 Å². The lowest BCUT2D eigenvalue weighted by Crippen LogP contribution is -2.20. The maximum absolute atomic E-state index is 13.7. The second-order valence-electron chi connectivity index (χ2n) is 6.70. The van der Waals surface area contributed by atoms with E-state index in [-0.39, 0.29) is 17.2 Å². The Hall–Kier alpha value is -3.34. The highest BCUT2D eigenvalue weighted by molar-refractivity contribution is 9.10. The average molecular weight is 511 g/mol. The van der Waals surface area contributed by atoms with Gasteiger partial charge in [0.15, 0.2) is 0 Å². The van der Waals surface area contributed by atoms with Gasteiger partial charge in [0.25, 0.3) is 5.91 Å². The van der Waals surface area contributed by atoms with Crippen molar-refractivity contribution in [2.45, 2.75) is 12.6 Å². The van der Waals surface area contributed by atoms with Crippen LogP contribution in [0.15, 0.2) is 47.1 Å². The molecule has 7 nitrogen and oxygen atoms in total. The molecule has 0 atom stereocenters. The summed E-state index contributed by atoms with van der Waals surface area (Å²) in [6.07, 6.45) is -3.53. The van der Waals surface area contributed by atoms with Crippen molar-refractivity contribution in [3.8, 4) is 5.75 Å². The molecule has 166 valence electrons. The Labute approximate surface area is 193 Å². The highest BCUT2D eigenvalue weighted by Crippen LogP contribution is 2.40. The minimum absolute atomic E-state index is 0.0720. The highest BCUT2D eigenvalue weighted by Gasteiger charge is 2.35. The molecule has 2 aromatic carbocycles. The number of anilines is 4. The molecule has 0 bridgehead atoms. The summed E-state index contributed by atoms with van der Waals surface area (Å²) in [6, 6.07) is 8.99. The smallest absolute Gasteiger partial charge is 0.421 e. The van der Waals surface area contributed by atoms with Crippen molar-refractivity contribution in [2.75, 3.05) is 24.2 Å². The van der Waals surface area contributed by atoms with Gasteiger partial charge in [0, 0.05) is 33.7 Å². The van der Waals surface area contributed by atoms with Crippen molar-refractivity contribution in [1.82, 2.24) is 15.3 Å². The molecule has 3 aromatic rings. The molecular formula is C21H17BrF3N5O2. The first-order valence-electron chi connectivity index (χ1n) is 10.8. The van der Waals surface area contributed by atoms with Crippen LogP contribution in [0, 0.1) is 0 Å². The van der Waals surface area contributed by atoms with E-state index in [9.17, 15) is 18.0 Å². The number of carbonyl (C=O) groups excluding carboxylic acids is 1. The molecule has 0 spiro atoms. The molecule has 1 aromatic heterocycles. The van der Waals surface area contributed by atoms with Gasteiger partial charge in [0.1, 0.15) is 17.1 Å². The van der Waals surface area contributed by atoms with Crippen LogP contribution in [0.25, 0.3) is 0 Å². The van der Waals surface area contributed by atoms with E-state index in [0.717, 1.165) is 10.0 Å². The first-order valence-corrected chi connectivity index (χ1v) is 10.1. The Balaban J connectivity index is 1.70. The lowest BCUT2D eigenvalue weighted by atomic mass is 10.1. The summed E-state index contributed by atoms with van der Waals surface area (Å²) in [5, 5.41) is 7.20. The second kappa shape index (κ2) is 8.65. The van der Waals surface area contributed by atoms with Crippen molar-refractivity contribution in [3.05, 3.63) is 63.8 Å². The number of nitrogens with zero attached hydrogens (tertiary/aromatic N) is 2. The molecule has 0 radical (unpaired) electrons. The van der Waals surface area contributed by atoms with Crippen LogP contribution in [-0.4, -0.2) is 29.5 Å². The van der Waals surface area contributed by atoms with E-state index in [1.54, 1.807) is 12.1 Å². The molecule has 4 rings (SSSR count). The number of rotatable bonds is 5.